The number of nitrogens with one attached hydrogen (secondary N) is 1. The van der Waals surface area contributed by atoms with Gasteiger partial charge in [-0.25, -0.2) is 23.7 Å². The summed E-state index contributed by atoms with van der Waals surface area (Å²) in [4.78, 5) is 30.0. The zero-order valence-corrected chi connectivity index (χ0v) is 17.8. The Morgan fingerprint density at radius 1 is 1.12 bits per heavy atom. The van der Waals surface area contributed by atoms with E-state index in [-0.39, 0.29) is 17.3 Å². The molecule has 0 radical (unpaired) electrons. The van der Waals surface area contributed by atoms with Crippen molar-refractivity contribution in [3.8, 4) is 22.8 Å². The molecule has 2 N–H and O–H groups in total. The topological polar surface area (TPSA) is 148 Å². The van der Waals surface area contributed by atoms with Crippen LogP contribution in [-0.4, -0.2) is 70.3 Å². The summed E-state index contributed by atoms with van der Waals surface area (Å²) >= 11 is 0. The van der Waals surface area contributed by atoms with Gasteiger partial charge < -0.3 is 19.8 Å². The van der Waals surface area contributed by atoms with Gasteiger partial charge >= 0.3 is 5.92 Å². The van der Waals surface area contributed by atoms with Crippen LogP contribution in [-0.2, 0) is 17.4 Å². The normalized spacial score (nSPS) is 19.6. The summed E-state index contributed by atoms with van der Waals surface area (Å²) in [6.07, 6.45) is 6.07. The van der Waals surface area contributed by atoms with E-state index >= 15 is 0 Å². The highest BCUT2D eigenvalue weighted by Gasteiger charge is 2.68. The number of aryl methyl sites for hydroxylation is 1. The lowest BCUT2D eigenvalue weighted by molar-refractivity contribution is -0.179. The lowest BCUT2D eigenvalue weighted by Crippen LogP contribution is -2.46. The molecule has 0 bridgehead atoms. The van der Waals surface area contributed by atoms with Gasteiger partial charge in [-0.3, -0.25) is 14.5 Å². The summed E-state index contributed by atoms with van der Waals surface area (Å²) in [6.45, 7) is -0.948. The van der Waals surface area contributed by atoms with E-state index in [4.69, 9.17) is 4.52 Å². The molecule has 5 heterocycles. The highest BCUT2D eigenvalue weighted by atomic mass is 19.3. The van der Waals surface area contributed by atoms with Crippen molar-refractivity contribution in [1.29, 1.82) is 0 Å². The van der Waals surface area contributed by atoms with E-state index in [0.717, 1.165) is 11.0 Å². The molecule has 4 aromatic rings. The number of halogens is 2. The van der Waals surface area contributed by atoms with Gasteiger partial charge in [0.05, 0.1) is 24.6 Å². The minimum atomic E-state index is -3.76. The van der Waals surface area contributed by atoms with Crippen molar-refractivity contribution >= 4 is 17.7 Å². The minimum absolute atomic E-state index is 0.0109. The number of aliphatic hydroxyl groups is 1. The van der Waals surface area contributed by atoms with Crippen molar-refractivity contribution in [3.05, 3.63) is 48.7 Å². The first-order valence-electron chi connectivity index (χ1n) is 9.93. The maximum Gasteiger partial charge on any atom is 0.309 e. The number of rotatable bonds is 5. The van der Waals surface area contributed by atoms with Crippen LogP contribution >= 0.6 is 0 Å². The molecule has 5 rings (SSSR count). The van der Waals surface area contributed by atoms with Gasteiger partial charge in [0.1, 0.15) is 17.1 Å². The first-order valence-corrected chi connectivity index (χ1v) is 9.93. The van der Waals surface area contributed by atoms with Crippen LogP contribution in [0.1, 0.15) is 5.76 Å². The van der Waals surface area contributed by atoms with Crippen LogP contribution in [0.4, 0.5) is 20.5 Å². The second-order valence-electron chi connectivity index (χ2n) is 7.71. The molecule has 0 aliphatic carbocycles. The van der Waals surface area contributed by atoms with Crippen LogP contribution in [0.2, 0.25) is 0 Å². The highest BCUT2D eigenvalue weighted by molar-refractivity contribution is 5.89. The lowest BCUT2D eigenvalue weighted by atomic mass is 9.95. The fraction of sp³-hybridized carbons (Fsp3) is 0.250. The number of aromatic nitrogens is 7. The van der Waals surface area contributed by atoms with E-state index in [1.165, 1.54) is 25.6 Å². The Labute approximate surface area is 190 Å². The van der Waals surface area contributed by atoms with Crippen LogP contribution < -0.4 is 5.32 Å². The maximum absolute atomic E-state index is 14.4. The van der Waals surface area contributed by atoms with Gasteiger partial charge in [-0.15, -0.1) is 0 Å². The number of likely N-dealkylation sites (tertiary alicyclic amines) is 1. The number of carbonyl (C=O) groups excluding carboxylic acids is 1. The minimum Gasteiger partial charge on any atom is -0.368 e. The summed E-state index contributed by atoms with van der Waals surface area (Å²) in [6, 6.07) is 4.41. The number of anilines is 2. The van der Waals surface area contributed by atoms with E-state index in [2.05, 4.69) is 35.5 Å². The Morgan fingerprint density at radius 2 is 1.88 bits per heavy atom. The molecule has 0 saturated carbocycles. The second kappa shape index (κ2) is 7.62. The van der Waals surface area contributed by atoms with Crippen molar-refractivity contribution in [1.82, 2.24) is 39.8 Å². The number of amides is 1. The van der Waals surface area contributed by atoms with Gasteiger partial charge in [0.2, 0.25) is 5.95 Å². The summed E-state index contributed by atoms with van der Waals surface area (Å²) in [5, 5.41) is 21.4. The molecule has 14 heteroatoms. The van der Waals surface area contributed by atoms with Crippen molar-refractivity contribution in [2.45, 2.75) is 11.5 Å². The Bertz CT molecular complexity index is 1390. The van der Waals surface area contributed by atoms with Crippen LogP contribution in [0.15, 0.2) is 47.5 Å². The molecule has 1 atom stereocenters. The molecule has 1 aliphatic rings. The summed E-state index contributed by atoms with van der Waals surface area (Å²) in [7, 11) is 2.94. The molecule has 0 unspecified atom stereocenters. The number of likely N-dealkylation sites (N-methyl/N-ethyl adjacent to an activating group) is 1. The molecule has 34 heavy (non-hydrogen) atoms. The maximum atomic E-state index is 14.4. The highest BCUT2D eigenvalue weighted by Crippen LogP contribution is 2.45. The van der Waals surface area contributed by atoms with Gasteiger partial charge in [-0.1, -0.05) is 5.16 Å². The number of hydrogen-bond acceptors (Lipinski definition) is 10. The zero-order chi connectivity index (χ0) is 24.1. The Morgan fingerprint density at radius 3 is 2.56 bits per heavy atom. The fourth-order valence-electron chi connectivity index (χ4n) is 3.54. The summed E-state index contributed by atoms with van der Waals surface area (Å²) in [5.41, 5.74) is -2.22. The van der Waals surface area contributed by atoms with Gasteiger partial charge in [0, 0.05) is 38.6 Å². The van der Waals surface area contributed by atoms with Gasteiger partial charge in [0.15, 0.2) is 11.6 Å². The molecule has 1 amide bonds. The average Bonchev–Trinajstić information content (AvgIpc) is 3.50. The molecule has 1 aliphatic heterocycles. The third-order valence-corrected chi connectivity index (χ3v) is 5.26. The quantitative estimate of drug-likeness (QED) is 0.439. The number of alkyl halides is 2. The lowest BCUT2D eigenvalue weighted by Gasteiger charge is -2.22. The smallest absolute Gasteiger partial charge is 0.309 e. The van der Waals surface area contributed by atoms with E-state index < -0.39 is 29.7 Å². The first kappa shape index (κ1) is 21.5. The van der Waals surface area contributed by atoms with E-state index in [1.807, 2.05) is 0 Å². The van der Waals surface area contributed by atoms with E-state index in [1.54, 1.807) is 30.1 Å². The number of hydrogen-bond donors (Lipinski definition) is 2. The van der Waals surface area contributed by atoms with Crippen molar-refractivity contribution < 1.29 is 23.2 Å². The average molecular weight is 469 g/mol. The van der Waals surface area contributed by atoms with E-state index in [9.17, 15) is 18.7 Å². The van der Waals surface area contributed by atoms with Gasteiger partial charge in [0.25, 0.3) is 11.5 Å². The second-order valence-corrected chi connectivity index (χ2v) is 7.71. The standard InChI is InChI=1S/C20H17F2N9O3/c1-30-10-19(21,22)20(33,17(30)32)15-7-12(29-34-15)14-9-23-8-13(25-14)11-3-5-24-18(26-11)27-16-4-6-31(2)28-16/h3-9,33H,10H2,1-2H3,(H,24,26,27,28)/t20-/m1/s1. The molecule has 1 saturated heterocycles. The van der Waals surface area contributed by atoms with Crippen LogP contribution in [0.3, 0.4) is 0 Å². The number of carbonyl (C=O) groups is 1. The molecule has 0 spiro atoms. The van der Waals surface area contributed by atoms with Crippen molar-refractivity contribution in [3.63, 3.8) is 0 Å². The third-order valence-electron chi connectivity index (χ3n) is 5.26. The van der Waals surface area contributed by atoms with Gasteiger partial charge in [-0.2, -0.15) is 5.10 Å². The largest absolute Gasteiger partial charge is 0.368 e. The SMILES string of the molecule is CN1CC(F)(F)[C@@](O)(c2cc(-c3cncc(-c4ccnc(Nc5ccn(C)n5)n4)n3)no2)C1=O. The zero-order valence-electron chi connectivity index (χ0n) is 17.8. The first-order chi connectivity index (χ1) is 16.2. The molecule has 12 nitrogen and oxygen atoms in total. The Balaban J connectivity index is 1.44. The Kier molecular flexibility index (Phi) is 4.82. The van der Waals surface area contributed by atoms with Crippen LogP contribution in [0.5, 0.6) is 0 Å². The molecule has 1 fully saturated rings. The monoisotopic (exact) mass is 469 g/mol. The van der Waals surface area contributed by atoms with E-state index in [0.29, 0.717) is 17.2 Å². The predicted octanol–water partition coefficient (Wildman–Crippen LogP) is 1.36. The van der Waals surface area contributed by atoms with Crippen LogP contribution in [0.25, 0.3) is 22.8 Å². The molecular formula is C20H17F2N9O3. The molecule has 0 aromatic carbocycles. The Hall–Kier alpha value is -4.33. The molecular weight excluding hydrogens is 452 g/mol. The van der Waals surface area contributed by atoms with Crippen molar-refractivity contribution in [2.75, 3.05) is 18.9 Å². The summed E-state index contributed by atoms with van der Waals surface area (Å²) < 4.78 is 35.4. The van der Waals surface area contributed by atoms with Crippen molar-refractivity contribution in [2.24, 2.45) is 7.05 Å². The fourth-order valence-corrected chi connectivity index (χ4v) is 3.54. The molecule has 4 aromatic heterocycles. The van der Waals surface area contributed by atoms with Crippen LogP contribution in [0, 0.1) is 0 Å². The molecule has 174 valence electrons. The number of nitrogens with zero attached hydrogens (tertiary/aromatic N) is 8. The third kappa shape index (κ3) is 3.44. The predicted molar refractivity (Wildman–Crippen MR) is 112 cm³/mol. The van der Waals surface area contributed by atoms with Gasteiger partial charge in [-0.05, 0) is 6.07 Å². The summed E-state index contributed by atoms with van der Waals surface area (Å²) in [5.74, 6) is -4.80.